The number of hydrogen-bond acceptors (Lipinski definition) is 4. The van der Waals surface area contributed by atoms with Gasteiger partial charge >= 0.3 is 0 Å². The zero-order chi connectivity index (χ0) is 13.0. The molecule has 1 aromatic heterocycles. The summed E-state index contributed by atoms with van der Waals surface area (Å²) in [4.78, 5) is 3.15. The lowest BCUT2D eigenvalue weighted by atomic mass is 10.0. The Labute approximate surface area is 105 Å². The number of benzene rings is 1. The number of H-pyrrole nitrogens is 1. The van der Waals surface area contributed by atoms with E-state index in [1.807, 2.05) is 30.5 Å². The highest BCUT2D eigenvalue weighted by Crippen LogP contribution is 2.18. The summed E-state index contributed by atoms with van der Waals surface area (Å²) in [6.45, 7) is -0.487. The molecule has 1 aromatic carbocycles. The monoisotopic (exact) mass is 250 g/mol. The molecular formula is C13H18N2O3. The molecule has 5 nitrogen and oxygen atoms in total. The molecule has 0 saturated heterocycles. The summed E-state index contributed by atoms with van der Waals surface area (Å²) < 4.78 is 0. The van der Waals surface area contributed by atoms with Crippen LogP contribution in [0, 0.1) is 0 Å². The standard InChI is InChI=1S/C13H18N2O3/c16-7-13(8-17,9-18)15-6-10-5-14-12-4-2-1-3-11(10)12/h1-5,14-18H,6-9H2. The second-order valence-electron chi connectivity index (χ2n) is 4.47. The molecule has 0 aliphatic rings. The van der Waals surface area contributed by atoms with Gasteiger partial charge in [0, 0.05) is 23.6 Å². The minimum absolute atomic E-state index is 0.317. The minimum Gasteiger partial charge on any atom is -0.394 e. The van der Waals surface area contributed by atoms with Gasteiger partial charge in [-0.25, -0.2) is 0 Å². The van der Waals surface area contributed by atoms with Crippen LogP contribution in [-0.4, -0.2) is 45.7 Å². The Hall–Kier alpha value is -1.40. The van der Waals surface area contributed by atoms with E-state index in [2.05, 4.69) is 10.3 Å². The van der Waals surface area contributed by atoms with Crippen LogP contribution >= 0.6 is 0 Å². The molecule has 0 atom stereocenters. The van der Waals surface area contributed by atoms with Crippen LogP contribution in [0.5, 0.6) is 0 Å². The maximum Gasteiger partial charge on any atom is 0.0884 e. The predicted octanol–water partition coefficient (Wildman–Crippen LogP) is -0.0268. The van der Waals surface area contributed by atoms with Gasteiger partial charge in [0.15, 0.2) is 0 Å². The van der Waals surface area contributed by atoms with Crippen LogP contribution in [0.15, 0.2) is 30.5 Å². The van der Waals surface area contributed by atoms with Crippen LogP contribution < -0.4 is 5.32 Å². The molecule has 0 spiro atoms. The molecule has 5 heteroatoms. The van der Waals surface area contributed by atoms with Crippen LogP contribution in [0.4, 0.5) is 0 Å². The molecule has 2 rings (SSSR count). The number of aliphatic hydroxyl groups excluding tert-OH is 3. The van der Waals surface area contributed by atoms with Crippen molar-refractivity contribution >= 4 is 10.9 Å². The molecule has 18 heavy (non-hydrogen) atoms. The highest BCUT2D eigenvalue weighted by atomic mass is 16.3. The fourth-order valence-corrected chi connectivity index (χ4v) is 1.88. The Balaban J connectivity index is 2.14. The predicted molar refractivity (Wildman–Crippen MR) is 69.1 cm³/mol. The second kappa shape index (κ2) is 5.49. The van der Waals surface area contributed by atoms with Gasteiger partial charge < -0.3 is 25.6 Å². The number of rotatable bonds is 6. The SMILES string of the molecule is OCC(CO)(CO)NCc1c[nH]c2ccccc12. The molecule has 1 heterocycles. The highest BCUT2D eigenvalue weighted by molar-refractivity contribution is 5.82. The van der Waals surface area contributed by atoms with E-state index in [4.69, 9.17) is 0 Å². The number of fused-ring (bicyclic) bond motifs is 1. The molecule has 0 unspecified atom stereocenters. The van der Waals surface area contributed by atoms with Gasteiger partial charge in [0.25, 0.3) is 0 Å². The lowest BCUT2D eigenvalue weighted by Crippen LogP contribution is -2.54. The van der Waals surface area contributed by atoms with Crippen LogP contribution in [0.25, 0.3) is 10.9 Å². The van der Waals surface area contributed by atoms with Gasteiger partial charge in [0.05, 0.1) is 25.4 Å². The average Bonchev–Trinajstić information content (AvgIpc) is 2.85. The quantitative estimate of drug-likeness (QED) is 0.498. The number of aromatic amines is 1. The van der Waals surface area contributed by atoms with Crippen LogP contribution in [-0.2, 0) is 6.54 Å². The van der Waals surface area contributed by atoms with Gasteiger partial charge in [-0.1, -0.05) is 18.2 Å². The van der Waals surface area contributed by atoms with Crippen molar-refractivity contribution in [1.29, 1.82) is 0 Å². The average molecular weight is 250 g/mol. The molecule has 0 saturated carbocycles. The van der Waals surface area contributed by atoms with Crippen molar-refractivity contribution in [2.45, 2.75) is 12.1 Å². The Morgan fingerprint density at radius 3 is 2.39 bits per heavy atom. The third-order valence-electron chi connectivity index (χ3n) is 3.24. The molecular weight excluding hydrogens is 232 g/mol. The Morgan fingerprint density at radius 1 is 1.06 bits per heavy atom. The van der Waals surface area contributed by atoms with E-state index in [1.165, 1.54) is 0 Å². The first-order valence-corrected chi connectivity index (χ1v) is 5.87. The summed E-state index contributed by atoms with van der Waals surface area (Å²) in [5, 5.41) is 31.8. The van der Waals surface area contributed by atoms with Gasteiger partial charge in [0.1, 0.15) is 0 Å². The largest absolute Gasteiger partial charge is 0.394 e. The third kappa shape index (κ3) is 2.39. The molecule has 0 radical (unpaired) electrons. The van der Waals surface area contributed by atoms with Crippen molar-refractivity contribution in [2.75, 3.05) is 19.8 Å². The van der Waals surface area contributed by atoms with Crippen molar-refractivity contribution in [2.24, 2.45) is 0 Å². The number of nitrogens with one attached hydrogen (secondary N) is 2. The first-order valence-electron chi connectivity index (χ1n) is 5.87. The van der Waals surface area contributed by atoms with Gasteiger partial charge in [0.2, 0.25) is 0 Å². The summed E-state index contributed by atoms with van der Waals surface area (Å²) in [5.41, 5.74) is 1.03. The lowest BCUT2D eigenvalue weighted by Gasteiger charge is -2.28. The van der Waals surface area contributed by atoms with Crippen LogP contribution in [0.3, 0.4) is 0 Å². The van der Waals surface area contributed by atoms with Crippen LogP contribution in [0.1, 0.15) is 5.56 Å². The minimum atomic E-state index is -1.04. The normalized spacial score (nSPS) is 12.2. The van der Waals surface area contributed by atoms with E-state index in [1.54, 1.807) is 0 Å². The maximum absolute atomic E-state index is 9.23. The summed E-state index contributed by atoms with van der Waals surface area (Å²) in [6, 6.07) is 7.89. The lowest BCUT2D eigenvalue weighted by molar-refractivity contribution is 0.0414. The molecule has 2 aromatic rings. The molecule has 5 N–H and O–H groups in total. The molecule has 0 bridgehead atoms. The van der Waals surface area contributed by atoms with E-state index in [9.17, 15) is 15.3 Å². The molecule has 98 valence electrons. The summed E-state index contributed by atoms with van der Waals surface area (Å²) in [5.74, 6) is 0. The fraction of sp³-hybridized carbons (Fsp3) is 0.385. The first-order chi connectivity index (χ1) is 8.74. The smallest absolute Gasteiger partial charge is 0.0884 e. The van der Waals surface area contributed by atoms with E-state index in [0.29, 0.717) is 6.54 Å². The van der Waals surface area contributed by atoms with Crippen molar-refractivity contribution in [1.82, 2.24) is 10.3 Å². The topological polar surface area (TPSA) is 88.5 Å². The number of hydrogen-bond donors (Lipinski definition) is 5. The Bertz CT molecular complexity index is 497. The molecule has 0 fully saturated rings. The second-order valence-corrected chi connectivity index (χ2v) is 4.47. The highest BCUT2D eigenvalue weighted by Gasteiger charge is 2.27. The van der Waals surface area contributed by atoms with E-state index >= 15 is 0 Å². The van der Waals surface area contributed by atoms with Gasteiger partial charge in [-0.05, 0) is 11.6 Å². The number of para-hydroxylation sites is 1. The summed E-state index contributed by atoms with van der Waals surface area (Å²) >= 11 is 0. The van der Waals surface area contributed by atoms with Gasteiger partial charge in [-0.3, -0.25) is 0 Å². The Morgan fingerprint density at radius 2 is 1.72 bits per heavy atom. The molecule has 0 aliphatic heterocycles. The third-order valence-corrected chi connectivity index (χ3v) is 3.24. The molecule has 0 aliphatic carbocycles. The Kier molecular flexibility index (Phi) is 3.98. The van der Waals surface area contributed by atoms with E-state index in [0.717, 1.165) is 16.5 Å². The summed E-state index contributed by atoms with van der Waals surface area (Å²) in [6.07, 6.45) is 1.88. The fourth-order valence-electron chi connectivity index (χ4n) is 1.88. The van der Waals surface area contributed by atoms with Crippen molar-refractivity contribution in [3.05, 3.63) is 36.0 Å². The van der Waals surface area contributed by atoms with Crippen molar-refractivity contribution < 1.29 is 15.3 Å². The van der Waals surface area contributed by atoms with E-state index in [-0.39, 0.29) is 19.8 Å². The van der Waals surface area contributed by atoms with Crippen molar-refractivity contribution in [3.8, 4) is 0 Å². The maximum atomic E-state index is 9.23. The molecule has 0 amide bonds. The number of aromatic nitrogens is 1. The zero-order valence-electron chi connectivity index (χ0n) is 10.1. The van der Waals surface area contributed by atoms with Gasteiger partial charge in [-0.15, -0.1) is 0 Å². The van der Waals surface area contributed by atoms with Gasteiger partial charge in [-0.2, -0.15) is 0 Å². The number of aliphatic hydroxyl groups is 3. The summed E-state index contributed by atoms with van der Waals surface area (Å²) in [7, 11) is 0. The first kappa shape index (κ1) is 13.0. The van der Waals surface area contributed by atoms with Crippen molar-refractivity contribution in [3.63, 3.8) is 0 Å². The zero-order valence-corrected chi connectivity index (χ0v) is 10.1. The van der Waals surface area contributed by atoms with Crippen LogP contribution in [0.2, 0.25) is 0 Å². The van der Waals surface area contributed by atoms with E-state index < -0.39 is 5.54 Å².